The highest BCUT2D eigenvalue weighted by atomic mass is 19.1. The van der Waals surface area contributed by atoms with Crippen LogP contribution in [0.1, 0.15) is 32.1 Å². The Labute approximate surface area is 100.0 Å². The molecule has 0 unspecified atom stereocenters. The van der Waals surface area contributed by atoms with E-state index in [-0.39, 0.29) is 11.9 Å². The van der Waals surface area contributed by atoms with E-state index in [1.807, 2.05) is 0 Å². The van der Waals surface area contributed by atoms with Crippen molar-refractivity contribution in [3.8, 4) is 5.75 Å². The highest BCUT2D eigenvalue weighted by Gasteiger charge is 2.16. The van der Waals surface area contributed by atoms with Crippen molar-refractivity contribution in [1.82, 2.24) is 0 Å². The summed E-state index contributed by atoms with van der Waals surface area (Å²) in [6, 6.07) is 4.47. The molecule has 1 fully saturated rings. The molecule has 0 heterocycles. The number of rotatable bonds is 4. The lowest BCUT2D eigenvalue weighted by atomic mass is 9.98. The summed E-state index contributed by atoms with van der Waals surface area (Å²) in [5.74, 6) is -0.157. The molecule has 0 saturated heterocycles. The van der Waals surface area contributed by atoms with E-state index >= 15 is 0 Å². The minimum Gasteiger partial charge on any atom is -0.487 e. The summed E-state index contributed by atoms with van der Waals surface area (Å²) in [6.45, 7) is 0. The van der Waals surface area contributed by atoms with Crippen molar-refractivity contribution in [2.45, 2.75) is 38.2 Å². The Morgan fingerprint density at radius 3 is 2.71 bits per heavy atom. The van der Waals surface area contributed by atoms with E-state index in [1.165, 1.54) is 12.5 Å². The number of hydrogen-bond acceptors (Lipinski definition) is 2. The van der Waals surface area contributed by atoms with Gasteiger partial charge in [0, 0.05) is 11.8 Å². The second-order valence-electron chi connectivity index (χ2n) is 4.29. The summed E-state index contributed by atoms with van der Waals surface area (Å²) in [5.41, 5.74) is 0.438. The van der Waals surface area contributed by atoms with Crippen molar-refractivity contribution in [2.75, 3.05) is 5.32 Å². The first kappa shape index (κ1) is 11.9. The molecule has 1 aromatic rings. The van der Waals surface area contributed by atoms with Crippen LogP contribution >= 0.6 is 0 Å². The fraction of sp³-hybridized carbons (Fsp3) is 0.462. The minimum absolute atomic E-state index is 0.128. The Kier molecular flexibility index (Phi) is 3.96. The van der Waals surface area contributed by atoms with Crippen molar-refractivity contribution < 1.29 is 13.9 Å². The molecule has 1 N–H and O–H groups in total. The van der Waals surface area contributed by atoms with Gasteiger partial charge in [-0.25, -0.2) is 4.39 Å². The van der Waals surface area contributed by atoms with E-state index in [0.717, 1.165) is 25.7 Å². The van der Waals surface area contributed by atoms with Gasteiger partial charge in [-0.05, 0) is 37.8 Å². The molecule has 3 nitrogen and oxygen atoms in total. The average molecular weight is 237 g/mol. The first-order chi connectivity index (χ1) is 8.29. The van der Waals surface area contributed by atoms with E-state index in [2.05, 4.69) is 5.32 Å². The lowest BCUT2D eigenvalue weighted by Crippen LogP contribution is -2.20. The molecule has 1 amide bonds. The number of nitrogens with one attached hydrogen (secondary N) is 1. The summed E-state index contributed by atoms with van der Waals surface area (Å²) >= 11 is 0. The molecule has 0 bridgehead atoms. The van der Waals surface area contributed by atoms with Crippen LogP contribution in [-0.2, 0) is 4.79 Å². The quantitative estimate of drug-likeness (QED) is 0.817. The number of carbonyl (C=O) groups is 1. The molecule has 92 valence electrons. The Balaban J connectivity index is 2.02. The first-order valence-electron chi connectivity index (χ1n) is 5.96. The highest BCUT2D eigenvalue weighted by molar-refractivity contribution is 5.71. The molecular formula is C13H16FNO2. The fourth-order valence-electron chi connectivity index (χ4n) is 2.12. The van der Waals surface area contributed by atoms with Gasteiger partial charge in [-0.3, -0.25) is 4.79 Å². The third-order valence-corrected chi connectivity index (χ3v) is 3.00. The minimum atomic E-state index is -0.428. The lowest BCUT2D eigenvalue weighted by molar-refractivity contribution is -0.105. The van der Waals surface area contributed by atoms with Crippen LogP contribution in [0.2, 0.25) is 0 Å². The summed E-state index contributed by atoms with van der Waals surface area (Å²) in [6.07, 6.45) is 6.18. The van der Waals surface area contributed by atoms with Crippen molar-refractivity contribution in [1.29, 1.82) is 0 Å². The molecule has 2 rings (SSSR count). The average Bonchev–Trinajstić information content (AvgIpc) is 2.34. The van der Waals surface area contributed by atoms with Crippen LogP contribution in [-0.4, -0.2) is 12.5 Å². The van der Waals surface area contributed by atoms with E-state index in [0.29, 0.717) is 12.1 Å². The zero-order valence-corrected chi connectivity index (χ0v) is 9.62. The molecular weight excluding hydrogens is 221 g/mol. The Bertz CT molecular complexity index is 389. The van der Waals surface area contributed by atoms with E-state index in [4.69, 9.17) is 4.74 Å². The molecule has 0 atom stereocenters. The second-order valence-corrected chi connectivity index (χ2v) is 4.29. The van der Waals surface area contributed by atoms with Gasteiger partial charge in [0.2, 0.25) is 6.41 Å². The highest BCUT2D eigenvalue weighted by Crippen LogP contribution is 2.26. The topological polar surface area (TPSA) is 38.3 Å². The van der Waals surface area contributed by atoms with Crippen LogP contribution < -0.4 is 10.1 Å². The van der Waals surface area contributed by atoms with Crippen molar-refractivity contribution in [2.24, 2.45) is 0 Å². The van der Waals surface area contributed by atoms with E-state index in [9.17, 15) is 9.18 Å². The van der Waals surface area contributed by atoms with Gasteiger partial charge in [0.05, 0.1) is 6.10 Å². The third-order valence-electron chi connectivity index (χ3n) is 3.00. The summed E-state index contributed by atoms with van der Waals surface area (Å²) in [4.78, 5) is 10.2. The van der Waals surface area contributed by atoms with E-state index < -0.39 is 5.82 Å². The van der Waals surface area contributed by atoms with Crippen molar-refractivity contribution in [3.05, 3.63) is 24.0 Å². The Morgan fingerprint density at radius 2 is 2.06 bits per heavy atom. The predicted octanol–water partition coefficient (Wildman–Crippen LogP) is 3.11. The molecule has 1 aliphatic rings. The smallest absolute Gasteiger partial charge is 0.211 e. The summed E-state index contributed by atoms with van der Waals surface area (Å²) in [7, 11) is 0. The maximum Gasteiger partial charge on any atom is 0.211 e. The fourth-order valence-corrected chi connectivity index (χ4v) is 2.12. The largest absolute Gasteiger partial charge is 0.487 e. The standard InChI is InChI=1S/C13H16FNO2/c14-12-8-10(15-9-16)6-7-13(12)17-11-4-2-1-3-5-11/h6-9,11H,1-5H2,(H,15,16). The van der Waals surface area contributed by atoms with Crippen LogP contribution in [0.3, 0.4) is 0 Å². The summed E-state index contributed by atoms with van der Waals surface area (Å²) < 4.78 is 19.3. The van der Waals surface area contributed by atoms with Gasteiger partial charge in [0.25, 0.3) is 0 Å². The number of amides is 1. The van der Waals surface area contributed by atoms with Gasteiger partial charge < -0.3 is 10.1 Å². The van der Waals surface area contributed by atoms with Gasteiger partial charge in [0.15, 0.2) is 11.6 Å². The monoisotopic (exact) mass is 237 g/mol. The maximum atomic E-state index is 13.6. The molecule has 1 saturated carbocycles. The first-order valence-corrected chi connectivity index (χ1v) is 5.96. The number of hydrogen-bond donors (Lipinski definition) is 1. The van der Waals surface area contributed by atoms with Gasteiger partial charge in [0.1, 0.15) is 0 Å². The number of halogens is 1. The molecule has 0 radical (unpaired) electrons. The number of ether oxygens (including phenoxy) is 1. The molecule has 0 aliphatic heterocycles. The molecule has 0 aromatic heterocycles. The molecule has 0 spiro atoms. The third kappa shape index (κ3) is 3.19. The summed E-state index contributed by atoms with van der Waals surface area (Å²) in [5, 5.41) is 2.40. The van der Waals surface area contributed by atoms with Gasteiger partial charge >= 0.3 is 0 Å². The maximum absolute atomic E-state index is 13.6. The Hall–Kier alpha value is -1.58. The zero-order valence-electron chi connectivity index (χ0n) is 9.62. The predicted molar refractivity (Wildman–Crippen MR) is 63.6 cm³/mol. The molecule has 1 aromatic carbocycles. The number of carbonyl (C=O) groups excluding carboxylic acids is 1. The van der Waals surface area contributed by atoms with Crippen LogP contribution in [0.15, 0.2) is 18.2 Å². The normalized spacial score (nSPS) is 16.5. The molecule has 1 aliphatic carbocycles. The van der Waals surface area contributed by atoms with Gasteiger partial charge in [-0.1, -0.05) is 6.42 Å². The van der Waals surface area contributed by atoms with Crippen molar-refractivity contribution >= 4 is 12.1 Å². The lowest BCUT2D eigenvalue weighted by Gasteiger charge is -2.23. The second kappa shape index (κ2) is 5.66. The number of benzene rings is 1. The number of anilines is 1. The van der Waals surface area contributed by atoms with Crippen LogP contribution in [0.4, 0.5) is 10.1 Å². The van der Waals surface area contributed by atoms with E-state index in [1.54, 1.807) is 12.1 Å². The molecule has 4 heteroatoms. The molecule has 17 heavy (non-hydrogen) atoms. The SMILES string of the molecule is O=CNc1ccc(OC2CCCCC2)c(F)c1. The van der Waals surface area contributed by atoms with Crippen LogP contribution in [0.25, 0.3) is 0 Å². The zero-order chi connectivity index (χ0) is 12.1. The van der Waals surface area contributed by atoms with Gasteiger partial charge in [-0.15, -0.1) is 0 Å². The van der Waals surface area contributed by atoms with Crippen LogP contribution in [0.5, 0.6) is 5.75 Å². The Morgan fingerprint density at radius 1 is 1.29 bits per heavy atom. The van der Waals surface area contributed by atoms with Crippen molar-refractivity contribution in [3.63, 3.8) is 0 Å². The van der Waals surface area contributed by atoms with Crippen LogP contribution in [0, 0.1) is 5.82 Å². The van der Waals surface area contributed by atoms with Gasteiger partial charge in [-0.2, -0.15) is 0 Å².